The van der Waals surface area contributed by atoms with Crippen molar-refractivity contribution in [3.05, 3.63) is 81.1 Å². The average Bonchev–Trinajstić information content (AvgIpc) is 2.68. The van der Waals surface area contributed by atoms with Gasteiger partial charge in [0.2, 0.25) is 15.0 Å². The minimum atomic E-state index is -3.95. The Bertz CT molecular complexity index is 1320. The van der Waals surface area contributed by atoms with Gasteiger partial charge in [0.15, 0.2) is 11.5 Å². The van der Waals surface area contributed by atoms with Crippen molar-refractivity contribution in [3.8, 4) is 5.75 Å². The number of nitrogens with zero attached hydrogens (tertiary/aromatic N) is 2. The number of Topliss-reactive ketones (excluding diaryl/α,β-unsaturated/α-hetero) is 1. The Morgan fingerprint density at radius 2 is 1.69 bits per heavy atom. The van der Waals surface area contributed by atoms with Gasteiger partial charge in [0, 0.05) is 0 Å². The molecule has 0 atom stereocenters. The zero-order valence-corrected chi connectivity index (χ0v) is 19.5. The van der Waals surface area contributed by atoms with Crippen LogP contribution in [0.4, 0.5) is 0 Å². The summed E-state index contributed by atoms with van der Waals surface area (Å²) in [5.74, 6) is -1.55. The number of rotatable bonds is 6. The van der Waals surface area contributed by atoms with Crippen molar-refractivity contribution in [1.29, 1.82) is 0 Å². The molecule has 0 radical (unpaired) electrons. The lowest BCUT2D eigenvalue weighted by atomic mass is 10.0. The number of carbonyl (C=O) groups is 2. The lowest BCUT2D eigenvalue weighted by Crippen LogP contribution is -2.17. The van der Waals surface area contributed by atoms with Crippen LogP contribution in [0.2, 0.25) is 5.02 Å². The summed E-state index contributed by atoms with van der Waals surface area (Å²) in [5.41, 5.74) is 2.83. The number of hydrogen-bond acceptors (Lipinski definition) is 7. The molecule has 1 heterocycles. The molecule has 1 aromatic heterocycles. The summed E-state index contributed by atoms with van der Waals surface area (Å²) < 4.78 is 31.0. The van der Waals surface area contributed by atoms with Gasteiger partial charge in [0.1, 0.15) is 5.75 Å². The molecule has 7 nitrogen and oxygen atoms in total. The fourth-order valence-corrected chi connectivity index (χ4v) is 4.59. The van der Waals surface area contributed by atoms with E-state index in [1.807, 2.05) is 6.92 Å². The van der Waals surface area contributed by atoms with Crippen LogP contribution >= 0.6 is 11.6 Å². The summed E-state index contributed by atoms with van der Waals surface area (Å²) in [6.45, 7) is 6.78. The van der Waals surface area contributed by atoms with Crippen molar-refractivity contribution in [2.24, 2.45) is 0 Å². The number of ether oxygens (including phenoxy) is 1. The van der Waals surface area contributed by atoms with Crippen LogP contribution in [0.15, 0.2) is 47.8 Å². The van der Waals surface area contributed by atoms with Gasteiger partial charge in [-0.3, -0.25) is 4.79 Å². The van der Waals surface area contributed by atoms with Crippen molar-refractivity contribution in [1.82, 2.24) is 9.97 Å². The first-order valence-corrected chi connectivity index (χ1v) is 11.7. The lowest BCUT2D eigenvalue weighted by Gasteiger charge is -2.12. The SMILES string of the molecule is CC(=O)c1c(C)cc(C)cc1OC(=O)c1nc(S(=O)(=O)Cc2ccc(C)cc2)ncc1Cl. The first-order chi connectivity index (χ1) is 15.0. The molecule has 0 amide bonds. The van der Waals surface area contributed by atoms with Crippen LogP contribution < -0.4 is 4.74 Å². The predicted octanol–water partition coefficient (Wildman–Crippen LogP) is 4.45. The molecule has 2 aromatic carbocycles. The second kappa shape index (κ2) is 9.18. The molecule has 9 heteroatoms. The highest BCUT2D eigenvalue weighted by atomic mass is 35.5. The average molecular weight is 473 g/mol. The molecule has 0 aliphatic heterocycles. The van der Waals surface area contributed by atoms with Crippen LogP contribution in [0.5, 0.6) is 5.75 Å². The van der Waals surface area contributed by atoms with E-state index in [0.29, 0.717) is 11.1 Å². The number of halogens is 1. The Morgan fingerprint density at radius 1 is 1.03 bits per heavy atom. The molecule has 0 fully saturated rings. The molecule has 0 unspecified atom stereocenters. The van der Waals surface area contributed by atoms with Crippen molar-refractivity contribution < 1.29 is 22.7 Å². The van der Waals surface area contributed by atoms with Crippen molar-refractivity contribution in [2.45, 2.75) is 38.6 Å². The van der Waals surface area contributed by atoms with E-state index in [1.54, 1.807) is 50.2 Å². The molecule has 0 aliphatic carbocycles. The third-order valence-electron chi connectivity index (χ3n) is 4.67. The molecule has 0 bridgehead atoms. The maximum atomic E-state index is 12.8. The monoisotopic (exact) mass is 472 g/mol. The van der Waals surface area contributed by atoms with E-state index in [1.165, 1.54) is 6.92 Å². The molecule has 0 aliphatic rings. The van der Waals surface area contributed by atoms with E-state index in [4.69, 9.17) is 16.3 Å². The summed E-state index contributed by atoms with van der Waals surface area (Å²) in [6.07, 6.45) is 1.04. The molecule has 0 saturated carbocycles. The largest absolute Gasteiger partial charge is 0.421 e. The van der Waals surface area contributed by atoms with Crippen LogP contribution in [-0.4, -0.2) is 30.1 Å². The van der Waals surface area contributed by atoms with Crippen LogP contribution in [0.3, 0.4) is 0 Å². The molecule has 0 N–H and O–H groups in total. The van der Waals surface area contributed by atoms with E-state index < -0.39 is 26.7 Å². The van der Waals surface area contributed by atoms with E-state index in [0.717, 1.165) is 17.3 Å². The molecular weight excluding hydrogens is 452 g/mol. The zero-order valence-electron chi connectivity index (χ0n) is 18.0. The number of benzene rings is 2. The van der Waals surface area contributed by atoms with Gasteiger partial charge in [-0.25, -0.2) is 23.2 Å². The van der Waals surface area contributed by atoms with Crippen LogP contribution in [0.25, 0.3) is 0 Å². The van der Waals surface area contributed by atoms with Gasteiger partial charge in [-0.05, 0) is 50.5 Å². The second-order valence-corrected chi connectivity index (χ2v) is 9.78. The van der Waals surface area contributed by atoms with Gasteiger partial charge in [-0.15, -0.1) is 0 Å². The number of carbonyl (C=O) groups excluding carboxylic acids is 2. The minimum absolute atomic E-state index is 0.0544. The molecule has 0 saturated heterocycles. The van der Waals surface area contributed by atoms with E-state index in [2.05, 4.69) is 9.97 Å². The van der Waals surface area contributed by atoms with Gasteiger partial charge in [-0.1, -0.05) is 47.5 Å². The Hall–Kier alpha value is -3.10. The quantitative estimate of drug-likeness (QED) is 0.226. The normalized spacial score (nSPS) is 11.3. The van der Waals surface area contributed by atoms with E-state index in [9.17, 15) is 18.0 Å². The van der Waals surface area contributed by atoms with Crippen molar-refractivity contribution >= 4 is 33.2 Å². The van der Waals surface area contributed by atoms with E-state index in [-0.39, 0.29) is 27.9 Å². The molecule has 0 spiro atoms. The van der Waals surface area contributed by atoms with Crippen molar-refractivity contribution in [2.75, 3.05) is 0 Å². The molecule has 166 valence electrons. The summed E-state index contributed by atoms with van der Waals surface area (Å²) in [7, 11) is -3.95. The Labute approximate surface area is 191 Å². The number of ketones is 1. The highest BCUT2D eigenvalue weighted by molar-refractivity contribution is 7.90. The van der Waals surface area contributed by atoms with Gasteiger partial charge in [0.25, 0.3) is 0 Å². The smallest absolute Gasteiger partial charge is 0.364 e. The van der Waals surface area contributed by atoms with Crippen LogP contribution in [0, 0.1) is 20.8 Å². The van der Waals surface area contributed by atoms with Gasteiger partial charge >= 0.3 is 5.97 Å². The fraction of sp³-hybridized carbons (Fsp3) is 0.217. The van der Waals surface area contributed by atoms with Gasteiger partial charge < -0.3 is 4.74 Å². The summed E-state index contributed by atoms with van der Waals surface area (Å²) in [4.78, 5) is 32.5. The fourth-order valence-electron chi connectivity index (χ4n) is 3.22. The van der Waals surface area contributed by atoms with Crippen LogP contribution in [0.1, 0.15) is 50.0 Å². The highest BCUT2D eigenvalue weighted by Crippen LogP contribution is 2.27. The van der Waals surface area contributed by atoms with Gasteiger partial charge in [-0.2, -0.15) is 0 Å². The Kier molecular flexibility index (Phi) is 6.76. The first kappa shape index (κ1) is 23.6. The molecule has 3 aromatic rings. The molecule has 3 rings (SSSR count). The second-order valence-electron chi connectivity index (χ2n) is 7.49. The number of sulfone groups is 1. The zero-order chi connectivity index (χ0) is 23.6. The van der Waals surface area contributed by atoms with Crippen LogP contribution in [-0.2, 0) is 15.6 Å². The number of esters is 1. The number of aromatic nitrogens is 2. The summed E-state index contributed by atoms with van der Waals surface area (Å²) in [6, 6.07) is 10.3. The Morgan fingerprint density at radius 3 is 2.31 bits per heavy atom. The predicted molar refractivity (Wildman–Crippen MR) is 120 cm³/mol. The number of hydrogen-bond donors (Lipinski definition) is 0. The number of aryl methyl sites for hydroxylation is 3. The minimum Gasteiger partial charge on any atom is -0.421 e. The lowest BCUT2D eigenvalue weighted by molar-refractivity contribution is 0.0725. The summed E-state index contributed by atoms with van der Waals surface area (Å²) >= 11 is 6.06. The Balaban J connectivity index is 1.95. The van der Waals surface area contributed by atoms with Crippen molar-refractivity contribution in [3.63, 3.8) is 0 Å². The maximum Gasteiger partial charge on any atom is 0.364 e. The highest BCUT2D eigenvalue weighted by Gasteiger charge is 2.25. The molecule has 32 heavy (non-hydrogen) atoms. The maximum absolute atomic E-state index is 12.8. The summed E-state index contributed by atoms with van der Waals surface area (Å²) in [5, 5.41) is -0.709. The third-order valence-corrected chi connectivity index (χ3v) is 6.41. The van der Waals surface area contributed by atoms with Gasteiger partial charge in [0.05, 0.1) is 22.5 Å². The van der Waals surface area contributed by atoms with E-state index >= 15 is 0 Å². The topological polar surface area (TPSA) is 103 Å². The first-order valence-electron chi connectivity index (χ1n) is 9.63. The standard InChI is InChI=1S/C23H21ClN2O5S/c1-13-5-7-17(8-6-13)12-32(29,30)23-25-11-18(24)21(26-23)22(28)31-19-10-14(2)9-15(3)20(19)16(4)27/h5-11H,12H2,1-4H3. The third kappa shape index (κ3) is 5.20. The molecular formula is C23H21ClN2O5S.